The van der Waals surface area contributed by atoms with Crippen LogP contribution in [0.2, 0.25) is 0 Å². The summed E-state index contributed by atoms with van der Waals surface area (Å²) in [6.07, 6.45) is -0.299. The molecule has 2 unspecified atom stereocenters. The zero-order valence-electron chi connectivity index (χ0n) is 9.53. The fourth-order valence-corrected chi connectivity index (χ4v) is 1.23. The monoisotopic (exact) mass is 209 g/mol. The van der Waals surface area contributed by atoms with Crippen LogP contribution in [0.15, 0.2) is 24.3 Å². The Labute approximate surface area is 91.1 Å². The van der Waals surface area contributed by atoms with Gasteiger partial charge in [-0.05, 0) is 25.0 Å². The molecule has 0 aliphatic carbocycles. The molecule has 1 aromatic rings. The van der Waals surface area contributed by atoms with Gasteiger partial charge in [0, 0.05) is 6.54 Å². The number of hydrogen-bond acceptors (Lipinski definition) is 3. The largest absolute Gasteiger partial charge is 0.495 e. The van der Waals surface area contributed by atoms with Crippen LogP contribution in [0.4, 0.5) is 5.69 Å². The smallest absolute Gasteiger partial charge is 0.141 e. The van der Waals surface area contributed by atoms with Crippen LogP contribution in [0.1, 0.15) is 13.8 Å². The van der Waals surface area contributed by atoms with Gasteiger partial charge in [-0.15, -0.1) is 0 Å². The van der Waals surface area contributed by atoms with Crippen molar-refractivity contribution in [3.63, 3.8) is 0 Å². The first-order valence-corrected chi connectivity index (χ1v) is 5.20. The van der Waals surface area contributed by atoms with Crippen LogP contribution in [-0.2, 0) is 0 Å². The first-order valence-electron chi connectivity index (χ1n) is 5.20. The second-order valence-corrected chi connectivity index (χ2v) is 3.80. The van der Waals surface area contributed by atoms with Crippen LogP contribution in [0.3, 0.4) is 0 Å². The van der Waals surface area contributed by atoms with Crippen molar-refractivity contribution >= 4 is 5.69 Å². The summed E-state index contributed by atoms with van der Waals surface area (Å²) in [6, 6.07) is 7.77. The number of aliphatic hydroxyl groups excluding tert-OH is 1. The normalized spacial score (nSPS) is 14.4. The Morgan fingerprint density at radius 1 is 1.33 bits per heavy atom. The average molecular weight is 209 g/mol. The molecular formula is C12H19NO2. The van der Waals surface area contributed by atoms with Gasteiger partial charge in [0.2, 0.25) is 0 Å². The maximum absolute atomic E-state index is 9.35. The molecule has 0 saturated heterocycles. The standard InChI is InChI=1S/C12H19NO2/c1-9(10(2)14)8-13-11-6-4-5-7-12(11)15-3/h4-7,9-10,13-14H,8H2,1-3H3. The van der Waals surface area contributed by atoms with Crippen LogP contribution < -0.4 is 10.1 Å². The van der Waals surface area contributed by atoms with Crippen LogP contribution in [0.25, 0.3) is 0 Å². The van der Waals surface area contributed by atoms with E-state index in [1.807, 2.05) is 31.2 Å². The SMILES string of the molecule is COc1ccccc1NCC(C)C(C)O. The van der Waals surface area contributed by atoms with Gasteiger partial charge in [0.15, 0.2) is 0 Å². The highest BCUT2D eigenvalue weighted by molar-refractivity contribution is 5.56. The molecule has 1 rings (SSSR count). The van der Waals surface area contributed by atoms with Gasteiger partial charge in [-0.3, -0.25) is 0 Å². The molecule has 0 aromatic heterocycles. The highest BCUT2D eigenvalue weighted by Gasteiger charge is 2.09. The molecule has 0 radical (unpaired) electrons. The predicted octanol–water partition coefficient (Wildman–Crippen LogP) is 2.12. The molecule has 0 aliphatic heterocycles. The number of rotatable bonds is 5. The van der Waals surface area contributed by atoms with Crippen molar-refractivity contribution in [1.29, 1.82) is 0 Å². The number of anilines is 1. The summed E-state index contributed by atoms with van der Waals surface area (Å²) in [4.78, 5) is 0. The number of benzene rings is 1. The van der Waals surface area contributed by atoms with Gasteiger partial charge in [0.05, 0.1) is 18.9 Å². The van der Waals surface area contributed by atoms with Crippen LogP contribution >= 0.6 is 0 Å². The summed E-state index contributed by atoms with van der Waals surface area (Å²) in [7, 11) is 1.65. The van der Waals surface area contributed by atoms with Crippen molar-refractivity contribution in [2.75, 3.05) is 19.0 Å². The van der Waals surface area contributed by atoms with E-state index < -0.39 is 0 Å². The van der Waals surface area contributed by atoms with Crippen LogP contribution in [0, 0.1) is 5.92 Å². The van der Waals surface area contributed by atoms with Crippen LogP contribution in [0.5, 0.6) is 5.75 Å². The number of hydrogen-bond donors (Lipinski definition) is 2. The molecule has 0 spiro atoms. The molecule has 15 heavy (non-hydrogen) atoms. The molecule has 0 aliphatic rings. The Bertz CT molecular complexity index is 299. The quantitative estimate of drug-likeness (QED) is 0.780. The van der Waals surface area contributed by atoms with E-state index in [0.29, 0.717) is 0 Å². The third-order valence-corrected chi connectivity index (χ3v) is 2.54. The molecule has 3 nitrogen and oxygen atoms in total. The van der Waals surface area contributed by atoms with E-state index >= 15 is 0 Å². The third kappa shape index (κ3) is 3.44. The lowest BCUT2D eigenvalue weighted by atomic mass is 10.1. The Balaban J connectivity index is 2.57. The minimum Gasteiger partial charge on any atom is -0.495 e. The lowest BCUT2D eigenvalue weighted by Gasteiger charge is -2.17. The molecule has 3 heteroatoms. The zero-order chi connectivity index (χ0) is 11.3. The summed E-state index contributed by atoms with van der Waals surface area (Å²) in [6.45, 7) is 4.54. The highest BCUT2D eigenvalue weighted by Crippen LogP contribution is 2.23. The fraction of sp³-hybridized carbons (Fsp3) is 0.500. The van der Waals surface area contributed by atoms with Crippen molar-refractivity contribution in [3.05, 3.63) is 24.3 Å². The second kappa shape index (κ2) is 5.61. The highest BCUT2D eigenvalue weighted by atomic mass is 16.5. The van der Waals surface area contributed by atoms with E-state index in [0.717, 1.165) is 18.0 Å². The van der Waals surface area contributed by atoms with E-state index in [2.05, 4.69) is 5.32 Å². The molecule has 1 aromatic carbocycles. The minimum absolute atomic E-state index is 0.218. The maximum atomic E-state index is 9.35. The lowest BCUT2D eigenvalue weighted by molar-refractivity contribution is 0.141. The van der Waals surface area contributed by atoms with Gasteiger partial charge in [-0.25, -0.2) is 0 Å². The first kappa shape index (κ1) is 11.9. The molecule has 2 atom stereocenters. The van der Waals surface area contributed by atoms with Crippen molar-refractivity contribution in [1.82, 2.24) is 0 Å². The Kier molecular flexibility index (Phi) is 4.43. The molecular weight excluding hydrogens is 190 g/mol. The van der Waals surface area contributed by atoms with E-state index in [-0.39, 0.29) is 12.0 Å². The van der Waals surface area contributed by atoms with E-state index in [1.165, 1.54) is 0 Å². The Hall–Kier alpha value is -1.22. The summed E-state index contributed by atoms with van der Waals surface area (Å²) in [5, 5.41) is 12.6. The van der Waals surface area contributed by atoms with Gasteiger partial charge >= 0.3 is 0 Å². The number of methoxy groups -OCH3 is 1. The fourth-order valence-electron chi connectivity index (χ4n) is 1.23. The van der Waals surface area contributed by atoms with Crippen molar-refractivity contribution in [3.8, 4) is 5.75 Å². The predicted molar refractivity (Wildman–Crippen MR) is 62.3 cm³/mol. The maximum Gasteiger partial charge on any atom is 0.141 e. The van der Waals surface area contributed by atoms with Gasteiger partial charge < -0.3 is 15.2 Å². The number of ether oxygens (including phenoxy) is 1. The molecule has 0 heterocycles. The second-order valence-electron chi connectivity index (χ2n) is 3.80. The van der Waals surface area contributed by atoms with E-state index in [4.69, 9.17) is 4.74 Å². The van der Waals surface area contributed by atoms with Crippen molar-refractivity contribution < 1.29 is 9.84 Å². The number of para-hydroxylation sites is 2. The van der Waals surface area contributed by atoms with Crippen molar-refractivity contribution in [2.24, 2.45) is 5.92 Å². The van der Waals surface area contributed by atoms with Gasteiger partial charge in [0.25, 0.3) is 0 Å². The summed E-state index contributed by atoms with van der Waals surface area (Å²) in [5.74, 6) is 1.05. The molecule has 84 valence electrons. The summed E-state index contributed by atoms with van der Waals surface area (Å²) >= 11 is 0. The Morgan fingerprint density at radius 3 is 2.60 bits per heavy atom. The lowest BCUT2D eigenvalue weighted by Crippen LogP contribution is -2.22. The molecule has 0 fully saturated rings. The van der Waals surface area contributed by atoms with Gasteiger partial charge in [-0.2, -0.15) is 0 Å². The molecule has 0 saturated carbocycles. The molecule has 2 N–H and O–H groups in total. The summed E-state index contributed by atoms with van der Waals surface area (Å²) < 4.78 is 5.21. The first-order chi connectivity index (χ1) is 7.15. The number of nitrogens with one attached hydrogen (secondary N) is 1. The molecule has 0 amide bonds. The van der Waals surface area contributed by atoms with Crippen LogP contribution in [-0.4, -0.2) is 24.9 Å². The van der Waals surface area contributed by atoms with E-state index in [1.54, 1.807) is 14.0 Å². The average Bonchev–Trinajstić information content (AvgIpc) is 2.26. The molecule has 0 bridgehead atoms. The minimum atomic E-state index is -0.299. The van der Waals surface area contributed by atoms with Gasteiger partial charge in [0.1, 0.15) is 5.75 Å². The third-order valence-electron chi connectivity index (χ3n) is 2.54. The number of aliphatic hydroxyl groups is 1. The topological polar surface area (TPSA) is 41.5 Å². The van der Waals surface area contributed by atoms with Gasteiger partial charge in [-0.1, -0.05) is 19.1 Å². The van der Waals surface area contributed by atoms with E-state index in [9.17, 15) is 5.11 Å². The summed E-state index contributed by atoms with van der Waals surface area (Å²) in [5.41, 5.74) is 0.965. The Morgan fingerprint density at radius 2 is 2.00 bits per heavy atom. The van der Waals surface area contributed by atoms with Crippen molar-refractivity contribution in [2.45, 2.75) is 20.0 Å². The zero-order valence-corrected chi connectivity index (χ0v) is 9.53.